The van der Waals surface area contributed by atoms with Crippen LogP contribution in [0.4, 0.5) is 0 Å². The van der Waals surface area contributed by atoms with Crippen LogP contribution in [0.2, 0.25) is 0 Å². The lowest BCUT2D eigenvalue weighted by Gasteiger charge is -2.26. The number of ether oxygens (including phenoxy) is 2. The number of aliphatic hydroxyl groups excluding tert-OH is 1. The molecule has 1 aliphatic heterocycles. The van der Waals surface area contributed by atoms with Crippen molar-refractivity contribution in [3.63, 3.8) is 0 Å². The SMILES string of the molecule is CCOC(=O)c1ccc(OC[C@@H](O)CN2CCC[C@@H]2c2cccs2)cc1. The number of hydrogen-bond acceptors (Lipinski definition) is 6. The fraction of sp³-hybridized carbons (Fsp3) is 0.450. The van der Waals surface area contributed by atoms with E-state index in [9.17, 15) is 9.90 Å². The molecule has 0 saturated carbocycles. The summed E-state index contributed by atoms with van der Waals surface area (Å²) in [6.45, 7) is 3.97. The number of benzene rings is 1. The topological polar surface area (TPSA) is 59.0 Å². The molecule has 5 nitrogen and oxygen atoms in total. The number of β-amino-alcohol motifs (C(OH)–C–C–N with tert-alkyl or cyclic N) is 1. The fourth-order valence-electron chi connectivity index (χ4n) is 3.27. The average molecular weight is 375 g/mol. The first-order valence-electron chi connectivity index (χ1n) is 9.03. The normalized spacial score (nSPS) is 18.6. The van der Waals surface area contributed by atoms with E-state index in [4.69, 9.17) is 9.47 Å². The maximum atomic E-state index is 11.6. The molecule has 3 rings (SSSR count). The third-order valence-corrected chi connectivity index (χ3v) is 5.46. The summed E-state index contributed by atoms with van der Waals surface area (Å²) in [5, 5.41) is 12.5. The second kappa shape index (κ2) is 9.16. The van der Waals surface area contributed by atoms with E-state index in [0.717, 1.165) is 19.4 Å². The summed E-state index contributed by atoms with van der Waals surface area (Å²) in [5.41, 5.74) is 0.496. The number of aliphatic hydroxyl groups is 1. The van der Waals surface area contributed by atoms with Crippen LogP contribution in [-0.2, 0) is 4.74 Å². The summed E-state index contributed by atoms with van der Waals surface area (Å²) in [7, 11) is 0. The average Bonchev–Trinajstić information content (AvgIpc) is 3.32. The first-order chi connectivity index (χ1) is 12.7. The van der Waals surface area contributed by atoms with Crippen LogP contribution in [0, 0.1) is 0 Å². The van der Waals surface area contributed by atoms with E-state index in [-0.39, 0.29) is 12.6 Å². The van der Waals surface area contributed by atoms with Gasteiger partial charge in [0.1, 0.15) is 18.5 Å². The molecule has 2 heterocycles. The molecule has 1 saturated heterocycles. The van der Waals surface area contributed by atoms with E-state index in [0.29, 0.717) is 30.5 Å². The van der Waals surface area contributed by atoms with Gasteiger partial charge in [-0.2, -0.15) is 0 Å². The molecule has 1 fully saturated rings. The van der Waals surface area contributed by atoms with Gasteiger partial charge in [-0.25, -0.2) is 4.79 Å². The van der Waals surface area contributed by atoms with Crippen LogP contribution in [0.25, 0.3) is 0 Å². The largest absolute Gasteiger partial charge is 0.491 e. The molecule has 1 aromatic carbocycles. The van der Waals surface area contributed by atoms with Crippen LogP contribution in [0.1, 0.15) is 41.0 Å². The van der Waals surface area contributed by atoms with E-state index < -0.39 is 6.10 Å². The smallest absolute Gasteiger partial charge is 0.338 e. The van der Waals surface area contributed by atoms with Crippen molar-refractivity contribution < 1.29 is 19.4 Å². The summed E-state index contributed by atoms with van der Waals surface area (Å²) < 4.78 is 10.6. The van der Waals surface area contributed by atoms with Crippen molar-refractivity contribution in [1.82, 2.24) is 4.90 Å². The Morgan fingerprint density at radius 2 is 2.15 bits per heavy atom. The maximum absolute atomic E-state index is 11.6. The van der Waals surface area contributed by atoms with E-state index in [2.05, 4.69) is 22.4 Å². The number of carbonyl (C=O) groups excluding carboxylic acids is 1. The molecule has 0 unspecified atom stereocenters. The number of thiophene rings is 1. The molecule has 2 aromatic rings. The Balaban J connectivity index is 1.48. The monoisotopic (exact) mass is 375 g/mol. The van der Waals surface area contributed by atoms with Crippen molar-refractivity contribution in [2.45, 2.75) is 31.9 Å². The number of carbonyl (C=O) groups is 1. The van der Waals surface area contributed by atoms with Gasteiger partial charge in [-0.3, -0.25) is 4.90 Å². The summed E-state index contributed by atoms with van der Waals surface area (Å²) >= 11 is 1.78. The van der Waals surface area contributed by atoms with E-state index in [1.807, 2.05) is 0 Å². The van der Waals surface area contributed by atoms with Gasteiger partial charge in [-0.05, 0) is 62.0 Å². The third-order valence-electron chi connectivity index (χ3n) is 4.49. The van der Waals surface area contributed by atoms with Gasteiger partial charge in [0.25, 0.3) is 0 Å². The van der Waals surface area contributed by atoms with Crippen molar-refractivity contribution in [3.8, 4) is 5.75 Å². The number of likely N-dealkylation sites (tertiary alicyclic amines) is 1. The Bertz CT molecular complexity index is 686. The maximum Gasteiger partial charge on any atom is 0.338 e. The van der Waals surface area contributed by atoms with Gasteiger partial charge in [-0.15, -0.1) is 11.3 Å². The highest BCUT2D eigenvalue weighted by Gasteiger charge is 2.28. The Hall–Kier alpha value is -1.89. The highest BCUT2D eigenvalue weighted by Crippen LogP contribution is 2.34. The van der Waals surface area contributed by atoms with Crippen molar-refractivity contribution in [1.29, 1.82) is 0 Å². The minimum absolute atomic E-state index is 0.229. The zero-order chi connectivity index (χ0) is 18.4. The predicted molar refractivity (Wildman–Crippen MR) is 102 cm³/mol. The zero-order valence-electron chi connectivity index (χ0n) is 15.0. The summed E-state index contributed by atoms with van der Waals surface area (Å²) in [6.07, 6.45) is 1.75. The second-order valence-corrected chi connectivity index (χ2v) is 7.36. The molecule has 0 aliphatic carbocycles. The van der Waals surface area contributed by atoms with Gasteiger partial charge < -0.3 is 14.6 Å². The molecule has 0 bridgehead atoms. The molecule has 2 atom stereocenters. The Labute approximate surface area is 158 Å². The molecule has 0 spiro atoms. The highest BCUT2D eigenvalue weighted by atomic mass is 32.1. The lowest BCUT2D eigenvalue weighted by atomic mass is 10.2. The summed E-state index contributed by atoms with van der Waals surface area (Å²) in [4.78, 5) is 15.3. The van der Waals surface area contributed by atoms with Crippen molar-refractivity contribution in [3.05, 3.63) is 52.2 Å². The summed E-state index contributed by atoms with van der Waals surface area (Å²) in [5.74, 6) is 0.293. The quantitative estimate of drug-likeness (QED) is 0.716. The van der Waals surface area contributed by atoms with Crippen molar-refractivity contribution >= 4 is 17.3 Å². The molecule has 1 aliphatic rings. The molecule has 140 valence electrons. The van der Waals surface area contributed by atoms with Gasteiger partial charge >= 0.3 is 5.97 Å². The molecule has 0 amide bonds. The number of rotatable bonds is 8. The minimum Gasteiger partial charge on any atom is -0.491 e. The molecule has 1 aromatic heterocycles. The Morgan fingerprint density at radius 1 is 1.35 bits per heavy atom. The van der Waals surface area contributed by atoms with Crippen LogP contribution < -0.4 is 4.74 Å². The van der Waals surface area contributed by atoms with Crippen LogP contribution in [0.5, 0.6) is 5.75 Å². The lowest BCUT2D eigenvalue weighted by Crippen LogP contribution is -2.35. The summed E-state index contributed by atoms with van der Waals surface area (Å²) in [6, 6.07) is 11.5. The van der Waals surface area contributed by atoms with Gasteiger partial charge in [0.15, 0.2) is 0 Å². The van der Waals surface area contributed by atoms with Gasteiger partial charge in [-0.1, -0.05) is 6.07 Å². The van der Waals surface area contributed by atoms with Crippen molar-refractivity contribution in [2.75, 3.05) is 26.3 Å². The molecule has 1 N–H and O–H groups in total. The zero-order valence-corrected chi connectivity index (χ0v) is 15.8. The van der Waals surface area contributed by atoms with Crippen LogP contribution in [0.3, 0.4) is 0 Å². The fourth-order valence-corrected chi connectivity index (χ4v) is 4.16. The third kappa shape index (κ3) is 4.84. The highest BCUT2D eigenvalue weighted by molar-refractivity contribution is 7.10. The molecule has 26 heavy (non-hydrogen) atoms. The number of hydrogen-bond donors (Lipinski definition) is 1. The molecule has 6 heteroatoms. The standard InChI is InChI=1S/C20H25NO4S/c1-2-24-20(23)15-7-9-17(10-8-15)25-14-16(22)13-21-11-3-5-18(21)19-6-4-12-26-19/h4,6-10,12,16,18,22H,2-3,5,11,13-14H2,1H3/t16-,18+/m0/s1. The van der Waals surface area contributed by atoms with Gasteiger partial charge in [0, 0.05) is 17.5 Å². The van der Waals surface area contributed by atoms with Crippen molar-refractivity contribution in [2.24, 2.45) is 0 Å². The van der Waals surface area contributed by atoms with Gasteiger partial charge in [0.05, 0.1) is 12.2 Å². The van der Waals surface area contributed by atoms with Crippen LogP contribution >= 0.6 is 11.3 Å². The minimum atomic E-state index is -0.555. The van der Waals surface area contributed by atoms with Gasteiger partial charge in [0.2, 0.25) is 0 Å². The molecular formula is C20H25NO4S. The van der Waals surface area contributed by atoms with E-state index >= 15 is 0 Å². The first kappa shape index (κ1) is 18.9. The van der Waals surface area contributed by atoms with Crippen LogP contribution in [0.15, 0.2) is 41.8 Å². The van der Waals surface area contributed by atoms with E-state index in [1.54, 1.807) is 42.5 Å². The Kier molecular flexibility index (Phi) is 6.66. The second-order valence-electron chi connectivity index (χ2n) is 6.38. The Morgan fingerprint density at radius 3 is 2.85 bits per heavy atom. The number of esters is 1. The lowest BCUT2D eigenvalue weighted by molar-refractivity contribution is 0.0525. The molecular weight excluding hydrogens is 350 g/mol. The van der Waals surface area contributed by atoms with Crippen LogP contribution in [-0.4, -0.2) is 48.4 Å². The predicted octanol–water partition coefficient (Wildman–Crippen LogP) is 3.50. The first-order valence-corrected chi connectivity index (χ1v) is 9.91. The molecule has 0 radical (unpaired) electrons. The number of nitrogens with zero attached hydrogens (tertiary/aromatic N) is 1. The van der Waals surface area contributed by atoms with E-state index in [1.165, 1.54) is 4.88 Å².